The fourth-order valence-corrected chi connectivity index (χ4v) is 11.6. The zero-order chi connectivity index (χ0) is 44.6. The highest BCUT2D eigenvalue weighted by Crippen LogP contribution is 2.49. The molecule has 0 fully saturated rings. The molecule has 1 aliphatic rings. The molecular weight excluding hydrogens is 789 g/mol. The fraction of sp³-hybridized carbons (Fsp3) is 0.246. The number of para-hydroxylation sites is 2. The highest BCUT2D eigenvalue weighted by atomic mass is 15.2. The largest absolute Gasteiger partial charge is 0.353 e. The van der Waals surface area contributed by atoms with Gasteiger partial charge in [0.15, 0.2) is 0 Å². The van der Waals surface area contributed by atoms with E-state index in [1.807, 2.05) is 0 Å². The summed E-state index contributed by atoms with van der Waals surface area (Å²) < 4.78 is 5.19. The molecule has 4 heteroatoms. The maximum absolute atomic E-state index is 3.90. The summed E-state index contributed by atoms with van der Waals surface area (Å²) in [6, 6.07) is 49.3. The predicted molar refractivity (Wildman–Crippen MR) is 280 cm³/mol. The summed E-state index contributed by atoms with van der Waals surface area (Å²) in [4.78, 5) is 6.42. The molecule has 7 aromatic carbocycles. The molecule has 65 heavy (non-hydrogen) atoms. The normalized spacial score (nSPS) is 14.4. The molecular formula is C61H56N4. The van der Waals surface area contributed by atoms with Crippen LogP contribution in [0.2, 0.25) is 0 Å². The molecule has 0 spiro atoms. The molecule has 0 bridgehead atoms. The van der Waals surface area contributed by atoms with Crippen molar-refractivity contribution in [3.05, 3.63) is 161 Å². The van der Waals surface area contributed by atoms with Crippen molar-refractivity contribution in [3.8, 4) is 0 Å². The molecule has 5 heterocycles. The van der Waals surface area contributed by atoms with Crippen LogP contribution >= 0.6 is 0 Å². The first kappa shape index (κ1) is 38.7. The summed E-state index contributed by atoms with van der Waals surface area (Å²) in [5.41, 5.74) is 20.6. The van der Waals surface area contributed by atoms with Crippen LogP contribution in [0.25, 0.3) is 92.8 Å². The highest BCUT2D eigenvalue weighted by Gasteiger charge is 2.30. The third-order valence-electron chi connectivity index (χ3n) is 15.2. The number of allylic oxidation sites excluding steroid dienone is 1. The fourth-order valence-electron chi connectivity index (χ4n) is 11.6. The van der Waals surface area contributed by atoms with E-state index < -0.39 is 0 Å². The lowest BCUT2D eigenvalue weighted by Gasteiger charge is -2.32. The Morgan fingerprint density at radius 2 is 0.954 bits per heavy atom. The van der Waals surface area contributed by atoms with E-state index in [1.54, 1.807) is 0 Å². The lowest BCUT2D eigenvalue weighted by molar-refractivity contribution is 0.590. The number of aromatic amines is 1. The van der Waals surface area contributed by atoms with Crippen molar-refractivity contribution in [2.75, 3.05) is 4.90 Å². The van der Waals surface area contributed by atoms with Crippen LogP contribution in [-0.2, 0) is 22.7 Å². The molecule has 0 saturated carbocycles. The van der Waals surface area contributed by atoms with Crippen molar-refractivity contribution in [1.29, 1.82) is 0 Å². The second-order valence-electron chi connectivity index (χ2n) is 22.4. The predicted octanol–water partition coefficient (Wildman–Crippen LogP) is 16.9. The zero-order valence-corrected chi connectivity index (χ0v) is 39.4. The van der Waals surface area contributed by atoms with Crippen molar-refractivity contribution in [3.63, 3.8) is 0 Å². The van der Waals surface area contributed by atoms with Gasteiger partial charge in [-0.15, -0.1) is 0 Å². The van der Waals surface area contributed by atoms with E-state index in [-0.39, 0.29) is 16.2 Å². The van der Waals surface area contributed by atoms with Gasteiger partial charge in [-0.1, -0.05) is 111 Å². The quantitative estimate of drug-likeness (QED) is 0.189. The molecule has 0 aliphatic heterocycles. The Hall–Kier alpha value is -6.78. The second kappa shape index (κ2) is 12.7. The van der Waals surface area contributed by atoms with Crippen LogP contribution in [0.4, 0.5) is 11.4 Å². The average Bonchev–Trinajstić information content (AvgIpc) is 4.06. The Morgan fingerprint density at radius 3 is 1.57 bits per heavy atom. The minimum absolute atomic E-state index is 0.0105. The van der Waals surface area contributed by atoms with E-state index in [1.165, 1.54) is 126 Å². The van der Waals surface area contributed by atoms with Crippen molar-refractivity contribution < 1.29 is 0 Å². The third kappa shape index (κ3) is 5.31. The van der Waals surface area contributed by atoms with Crippen molar-refractivity contribution in [1.82, 2.24) is 13.8 Å². The van der Waals surface area contributed by atoms with E-state index in [0.717, 1.165) is 24.2 Å². The molecule has 320 valence electrons. The maximum atomic E-state index is 3.90. The first-order valence-electron chi connectivity index (χ1n) is 23.6. The Balaban J connectivity index is 1.14. The number of benzene rings is 7. The minimum Gasteiger partial charge on any atom is -0.353 e. The van der Waals surface area contributed by atoms with Gasteiger partial charge in [0.25, 0.3) is 0 Å². The summed E-state index contributed by atoms with van der Waals surface area (Å²) in [5.74, 6) is 0. The number of rotatable bonds is 3. The van der Waals surface area contributed by atoms with Gasteiger partial charge >= 0.3 is 0 Å². The highest BCUT2D eigenvalue weighted by molar-refractivity contribution is 6.29. The number of nitrogens with one attached hydrogen (secondary N) is 1. The van der Waals surface area contributed by atoms with E-state index in [9.17, 15) is 0 Å². The van der Waals surface area contributed by atoms with Crippen LogP contribution in [0.3, 0.4) is 0 Å². The molecule has 0 saturated heterocycles. The van der Waals surface area contributed by atoms with E-state index in [2.05, 4.69) is 215 Å². The van der Waals surface area contributed by atoms with E-state index >= 15 is 0 Å². The Labute approximate surface area is 380 Å². The molecule has 5 aromatic heterocycles. The van der Waals surface area contributed by atoms with Gasteiger partial charge in [-0.2, -0.15) is 0 Å². The van der Waals surface area contributed by atoms with Crippen LogP contribution in [0.5, 0.6) is 0 Å². The van der Waals surface area contributed by atoms with E-state index in [0.29, 0.717) is 0 Å². The average molecular weight is 845 g/mol. The minimum atomic E-state index is -0.0297. The van der Waals surface area contributed by atoms with Crippen LogP contribution in [-0.4, -0.2) is 13.8 Å². The van der Waals surface area contributed by atoms with Gasteiger partial charge in [-0.25, -0.2) is 0 Å². The molecule has 1 N–H and O–H groups in total. The van der Waals surface area contributed by atoms with Crippen LogP contribution < -0.4 is 4.90 Å². The number of fused-ring (bicyclic) bond motifs is 15. The smallest absolute Gasteiger partial charge is 0.0689 e. The zero-order valence-electron chi connectivity index (χ0n) is 39.4. The molecule has 0 radical (unpaired) electrons. The van der Waals surface area contributed by atoms with Crippen LogP contribution in [0, 0.1) is 0 Å². The Bertz CT molecular complexity index is 3990. The van der Waals surface area contributed by atoms with Gasteiger partial charge in [-0.3, -0.25) is 0 Å². The maximum Gasteiger partial charge on any atom is 0.0689 e. The Kier molecular flexibility index (Phi) is 7.57. The number of hydrogen-bond donors (Lipinski definition) is 1. The molecule has 12 aromatic rings. The molecule has 13 rings (SSSR count). The molecule has 0 amide bonds. The number of aromatic nitrogens is 3. The van der Waals surface area contributed by atoms with E-state index in [4.69, 9.17) is 0 Å². The van der Waals surface area contributed by atoms with Crippen molar-refractivity contribution in [2.45, 2.75) is 98.3 Å². The number of hydrogen-bond acceptors (Lipinski definition) is 1. The molecule has 0 atom stereocenters. The number of H-pyrrole nitrogens is 1. The lowest BCUT2D eigenvalue weighted by atomic mass is 9.84. The summed E-state index contributed by atoms with van der Waals surface area (Å²) in [7, 11) is 0. The van der Waals surface area contributed by atoms with Gasteiger partial charge in [0, 0.05) is 65.4 Å². The number of anilines is 2. The van der Waals surface area contributed by atoms with Gasteiger partial charge in [-0.05, 0) is 143 Å². The van der Waals surface area contributed by atoms with Crippen LogP contribution in [0.15, 0.2) is 133 Å². The summed E-state index contributed by atoms with van der Waals surface area (Å²) in [5, 5.41) is 11.9. The first-order valence-corrected chi connectivity index (χ1v) is 23.6. The van der Waals surface area contributed by atoms with Gasteiger partial charge in [0.2, 0.25) is 0 Å². The number of aryl methyl sites for hydroxylation is 1. The third-order valence-corrected chi connectivity index (χ3v) is 15.2. The number of nitrogens with zero attached hydrogens (tertiary/aromatic N) is 3. The first-order chi connectivity index (χ1) is 31.0. The molecule has 4 nitrogen and oxygen atoms in total. The molecule has 1 aliphatic carbocycles. The van der Waals surface area contributed by atoms with Gasteiger partial charge in [0.05, 0.1) is 44.5 Å². The van der Waals surface area contributed by atoms with Gasteiger partial charge in [0.1, 0.15) is 0 Å². The van der Waals surface area contributed by atoms with Gasteiger partial charge < -0.3 is 18.7 Å². The second-order valence-corrected chi connectivity index (χ2v) is 22.4. The summed E-state index contributed by atoms with van der Waals surface area (Å²) in [6.07, 6.45) is 2.06. The Morgan fingerprint density at radius 1 is 0.431 bits per heavy atom. The topological polar surface area (TPSA) is 27.9 Å². The molecule has 0 unspecified atom stereocenters. The lowest BCUT2D eigenvalue weighted by Crippen LogP contribution is -2.20. The standard InChI is InChI=1S/C61H56N4/c1-34-20-23-42-40-18-14-15-19-50(40)62-55(42)56(34)63(38-16-12-11-13-17-38)39-22-24-41-46-27-36(60(5,6)7)29-48-45-32-53-44(33-54(45)65(57(46)48)52(41)31-39)49-30-37(61(8,9)10)28-47-43-26-35(59(2,3)4)21-25-51(43)64(53)58(47)49/h11-19,21-22,24-33,62H,20,23H2,1-10H3. The van der Waals surface area contributed by atoms with Crippen molar-refractivity contribution >= 4 is 104 Å². The summed E-state index contributed by atoms with van der Waals surface area (Å²) in [6.45, 7) is 23.4. The summed E-state index contributed by atoms with van der Waals surface area (Å²) >= 11 is 0. The van der Waals surface area contributed by atoms with Crippen LogP contribution in [0.1, 0.15) is 104 Å². The monoisotopic (exact) mass is 844 g/mol. The SMILES string of the molecule is CC1=C(N(c2ccccc2)c2ccc3c4cc(C(C)(C)C)cc5c6cc7c(cc6n(c3c2)c45)c2cc(C(C)(C)C)cc3c4cc(C(C)(C)C)ccc4n7c32)c2[nH]c3ccccc3c2CC1. The van der Waals surface area contributed by atoms with Crippen molar-refractivity contribution in [2.24, 2.45) is 0 Å².